The van der Waals surface area contributed by atoms with Crippen LogP contribution in [0.2, 0.25) is 5.02 Å². The highest BCUT2D eigenvalue weighted by atomic mass is 35.5. The molecule has 0 atom stereocenters. The summed E-state index contributed by atoms with van der Waals surface area (Å²) in [6.45, 7) is 7.08. The van der Waals surface area contributed by atoms with Crippen LogP contribution in [0.3, 0.4) is 0 Å². The molecule has 0 bridgehead atoms. The first-order valence-corrected chi connectivity index (χ1v) is 3.53. The van der Waals surface area contributed by atoms with Crippen LogP contribution in [-0.4, -0.2) is 6.72 Å². The van der Waals surface area contributed by atoms with Gasteiger partial charge in [0.2, 0.25) is 0 Å². The summed E-state index contributed by atoms with van der Waals surface area (Å²) < 4.78 is 0. The van der Waals surface area contributed by atoms with Crippen molar-refractivity contribution in [1.29, 1.82) is 0 Å². The second-order valence-electron chi connectivity index (χ2n) is 2.11. The summed E-state index contributed by atoms with van der Waals surface area (Å²) in [6, 6.07) is 7.32. The Bertz CT molecular complexity index is 274. The summed E-state index contributed by atoms with van der Waals surface area (Å²) in [6.07, 6.45) is 0. The lowest BCUT2D eigenvalue weighted by molar-refractivity contribution is 1.54. The van der Waals surface area contributed by atoms with Crippen molar-refractivity contribution >= 4 is 24.0 Å². The Balaban J connectivity index is 2.98. The van der Waals surface area contributed by atoms with Crippen molar-refractivity contribution in [2.75, 3.05) is 0 Å². The Morgan fingerprint density at radius 3 is 2.27 bits per heavy atom. The van der Waals surface area contributed by atoms with E-state index in [1.165, 1.54) is 0 Å². The maximum atomic E-state index is 5.68. The van der Waals surface area contributed by atoms with Gasteiger partial charge in [-0.1, -0.05) is 30.3 Å². The van der Waals surface area contributed by atoms with Crippen molar-refractivity contribution in [2.45, 2.75) is 0 Å². The number of hydrogen-bond donors (Lipinski definition) is 0. The number of hydrogen-bond acceptors (Lipinski definition) is 1. The van der Waals surface area contributed by atoms with Gasteiger partial charge >= 0.3 is 0 Å². The van der Waals surface area contributed by atoms with Crippen molar-refractivity contribution in [2.24, 2.45) is 4.99 Å². The highest BCUT2D eigenvalue weighted by Crippen LogP contribution is 2.15. The molecular weight excluding hydrogens is 158 g/mol. The molecule has 0 aliphatic rings. The van der Waals surface area contributed by atoms with Gasteiger partial charge in [0.25, 0.3) is 0 Å². The molecule has 2 heteroatoms. The molecule has 0 saturated carbocycles. The molecule has 0 unspecified atom stereocenters. The Morgan fingerprint density at radius 1 is 1.27 bits per heavy atom. The average Bonchev–Trinajstić information content (AvgIpc) is 2.05. The highest BCUT2D eigenvalue weighted by Gasteiger charge is 1.93. The van der Waals surface area contributed by atoms with Crippen LogP contribution in [-0.2, 0) is 0 Å². The molecule has 0 N–H and O–H groups in total. The summed E-state index contributed by atoms with van der Waals surface area (Å²) in [5, 5.41) is 0.714. The van der Waals surface area contributed by atoms with E-state index in [0.29, 0.717) is 10.7 Å². The molecule has 0 aromatic heterocycles. The van der Waals surface area contributed by atoms with Gasteiger partial charge in [-0.3, -0.25) is 4.99 Å². The fourth-order valence-electron chi connectivity index (χ4n) is 0.734. The molecule has 1 aromatic rings. The fourth-order valence-corrected chi connectivity index (χ4v) is 0.860. The summed E-state index contributed by atoms with van der Waals surface area (Å²) in [7, 11) is 0. The number of benzene rings is 1. The summed E-state index contributed by atoms with van der Waals surface area (Å²) in [5.74, 6) is 0. The van der Waals surface area contributed by atoms with Crippen molar-refractivity contribution in [3.63, 3.8) is 0 Å². The van der Waals surface area contributed by atoms with Crippen molar-refractivity contribution < 1.29 is 0 Å². The van der Waals surface area contributed by atoms with Gasteiger partial charge in [-0.15, -0.1) is 0 Å². The van der Waals surface area contributed by atoms with Gasteiger partial charge in [0.15, 0.2) is 0 Å². The van der Waals surface area contributed by atoms with E-state index < -0.39 is 0 Å². The van der Waals surface area contributed by atoms with Crippen molar-refractivity contribution in [1.82, 2.24) is 0 Å². The third-order valence-electron chi connectivity index (χ3n) is 1.37. The molecule has 11 heavy (non-hydrogen) atoms. The molecule has 0 amide bonds. The van der Waals surface area contributed by atoms with Crippen LogP contribution in [0.15, 0.2) is 35.8 Å². The van der Waals surface area contributed by atoms with E-state index >= 15 is 0 Å². The van der Waals surface area contributed by atoms with E-state index in [9.17, 15) is 0 Å². The third kappa shape index (κ3) is 1.92. The number of halogens is 1. The van der Waals surface area contributed by atoms with Gasteiger partial charge in [0, 0.05) is 5.02 Å². The van der Waals surface area contributed by atoms with Crippen LogP contribution in [0.25, 0.3) is 5.70 Å². The second-order valence-corrected chi connectivity index (χ2v) is 2.55. The molecule has 0 aliphatic heterocycles. The zero-order valence-electron chi connectivity index (χ0n) is 6.05. The normalized spacial score (nSPS) is 9.18. The van der Waals surface area contributed by atoms with Gasteiger partial charge in [-0.2, -0.15) is 0 Å². The Kier molecular flexibility index (Phi) is 2.44. The summed E-state index contributed by atoms with van der Waals surface area (Å²) in [5.41, 5.74) is 1.62. The fraction of sp³-hybridized carbons (Fsp3) is 0. The zero-order valence-corrected chi connectivity index (χ0v) is 6.80. The molecule has 0 fully saturated rings. The Morgan fingerprint density at radius 2 is 1.82 bits per heavy atom. The molecule has 0 heterocycles. The number of aliphatic imine (C=N–C) groups is 1. The van der Waals surface area contributed by atoms with Gasteiger partial charge in [-0.05, 0) is 24.4 Å². The first kappa shape index (κ1) is 8.02. The minimum absolute atomic E-state index is 0.668. The molecule has 0 aliphatic carbocycles. The molecule has 0 radical (unpaired) electrons. The molecule has 0 saturated heterocycles. The van der Waals surface area contributed by atoms with Crippen molar-refractivity contribution in [3.8, 4) is 0 Å². The minimum Gasteiger partial charge on any atom is -0.265 e. The number of nitrogens with zero attached hydrogens (tertiary/aromatic N) is 1. The summed E-state index contributed by atoms with van der Waals surface area (Å²) >= 11 is 5.68. The maximum Gasteiger partial charge on any atom is 0.0622 e. The maximum absolute atomic E-state index is 5.68. The minimum atomic E-state index is 0.668. The molecule has 1 nitrogen and oxygen atoms in total. The van der Waals surface area contributed by atoms with Crippen LogP contribution in [0.4, 0.5) is 0 Å². The predicted molar refractivity (Wildman–Crippen MR) is 50.0 cm³/mol. The lowest BCUT2D eigenvalue weighted by atomic mass is 10.2. The Hall–Kier alpha value is -1.08. The first-order chi connectivity index (χ1) is 5.24. The van der Waals surface area contributed by atoms with E-state index in [4.69, 9.17) is 11.6 Å². The third-order valence-corrected chi connectivity index (χ3v) is 1.62. The quantitative estimate of drug-likeness (QED) is 0.598. The van der Waals surface area contributed by atoms with Crippen LogP contribution < -0.4 is 0 Å². The van der Waals surface area contributed by atoms with Gasteiger partial charge < -0.3 is 0 Å². The SMILES string of the molecule is C=NC(=C)c1ccc(Cl)cc1. The smallest absolute Gasteiger partial charge is 0.0622 e. The Labute approximate surface area is 71.0 Å². The second kappa shape index (κ2) is 3.35. The first-order valence-electron chi connectivity index (χ1n) is 3.15. The molecule has 1 aromatic carbocycles. The monoisotopic (exact) mass is 165 g/mol. The largest absolute Gasteiger partial charge is 0.265 e. The van der Waals surface area contributed by atoms with E-state index in [0.717, 1.165) is 5.56 Å². The molecule has 1 rings (SSSR count). The van der Waals surface area contributed by atoms with Gasteiger partial charge in [0.1, 0.15) is 0 Å². The summed E-state index contributed by atoms with van der Waals surface area (Å²) in [4.78, 5) is 3.70. The van der Waals surface area contributed by atoms with E-state index in [-0.39, 0.29) is 0 Å². The number of rotatable bonds is 2. The zero-order chi connectivity index (χ0) is 8.27. The lowest BCUT2D eigenvalue weighted by Gasteiger charge is -1.97. The highest BCUT2D eigenvalue weighted by molar-refractivity contribution is 6.30. The predicted octanol–water partition coefficient (Wildman–Crippen LogP) is 3.01. The molecular formula is C9H8ClN. The average molecular weight is 166 g/mol. The van der Waals surface area contributed by atoms with E-state index in [2.05, 4.69) is 18.3 Å². The standard InChI is InChI=1S/C9H8ClN/c1-7(11-2)8-3-5-9(10)6-4-8/h3-6H,1-2H2. The topological polar surface area (TPSA) is 12.4 Å². The molecule has 56 valence electrons. The van der Waals surface area contributed by atoms with Crippen LogP contribution in [0.5, 0.6) is 0 Å². The van der Waals surface area contributed by atoms with E-state index in [1.807, 2.05) is 12.1 Å². The van der Waals surface area contributed by atoms with Crippen LogP contribution >= 0.6 is 11.6 Å². The van der Waals surface area contributed by atoms with Crippen molar-refractivity contribution in [3.05, 3.63) is 41.4 Å². The lowest BCUT2D eigenvalue weighted by Crippen LogP contribution is -1.76. The molecule has 0 spiro atoms. The van der Waals surface area contributed by atoms with Crippen LogP contribution in [0, 0.1) is 0 Å². The van der Waals surface area contributed by atoms with Crippen LogP contribution in [0.1, 0.15) is 5.56 Å². The van der Waals surface area contributed by atoms with Gasteiger partial charge in [0.05, 0.1) is 5.70 Å². The van der Waals surface area contributed by atoms with Gasteiger partial charge in [-0.25, -0.2) is 0 Å². The van der Waals surface area contributed by atoms with E-state index in [1.54, 1.807) is 12.1 Å².